The predicted octanol–water partition coefficient (Wildman–Crippen LogP) is 5.26. The van der Waals surface area contributed by atoms with E-state index >= 15 is 0 Å². The van der Waals surface area contributed by atoms with E-state index in [0.717, 1.165) is 22.6 Å². The largest absolute Gasteiger partial charge is 0.319 e. The Morgan fingerprint density at radius 2 is 1.61 bits per heavy atom. The molecule has 2 aromatic carbocycles. The van der Waals surface area contributed by atoms with Crippen LogP contribution in [-0.4, -0.2) is 25.5 Å². The summed E-state index contributed by atoms with van der Waals surface area (Å²) < 4.78 is 3.48. The zero-order valence-electron chi connectivity index (χ0n) is 18.0. The van der Waals surface area contributed by atoms with Crippen molar-refractivity contribution in [1.29, 1.82) is 0 Å². The van der Waals surface area contributed by atoms with Gasteiger partial charge in [0.2, 0.25) is 0 Å². The Labute approximate surface area is 186 Å². The summed E-state index contributed by atoms with van der Waals surface area (Å²) in [5, 5.41) is 12.4. The summed E-state index contributed by atoms with van der Waals surface area (Å²) in [5.74, 6) is -0.295. The van der Waals surface area contributed by atoms with Gasteiger partial charge in [0, 0.05) is 0 Å². The molecule has 4 aromatic rings. The SMILES string of the molecule is Cc1ccc(Cn2nc(C)c(C(=O)Nc3c(C)nn(-c4ccccc4)c3C)c2Cl)cc1. The minimum Gasteiger partial charge on any atom is -0.319 e. The van der Waals surface area contributed by atoms with Crippen LogP contribution in [0.1, 0.15) is 38.6 Å². The predicted molar refractivity (Wildman–Crippen MR) is 123 cm³/mol. The molecule has 0 spiro atoms. The van der Waals surface area contributed by atoms with Crippen molar-refractivity contribution in [3.63, 3.8) is 0 Å². The van der Waals surface area contributed by atoms with E-state index in [1.54, 1.807) is 11.6 Å². The van der Waals surface area contributed by atoms with Crippen LogP contribution in [0.3, 0.4) is 0 Å². The lowest BCUT2D eigenvalue weighted by Gasteiger charge is -2.08. The van der Waals surface area contributed by atoms with Crippen LogP contribution in [-0.2, 0) is 6.54 Å². The smallest absolute Gasteiger partial charge is 0.260 e. The van der Waals surface area contributed by atoms with Crippen molar-refractivity contribution in [2.24, 2.45) is 0 Å². The van der Waals surface area contributed by atoms with Crippen molar-refractivity contribution in [1.82, 2.24) is 19.6 Å². The number of nitrogens with one attached hydrogen (secondary N) is 1. The van der Waals surface area contributed by atoms with Crippen LogP contribution in [0.2, 0.25) is 5.15 Å². The molecule has 0 unspecified atom stereocenters. The second kappa shape index (κ2) is 8.40. The Balaban J connectivity index is 1.60. The van der Waals surface area contributed by atoms with Gasteiger partial charge in [0.15, 0.2) is 0 Å². The molecule has 1 amide bonds. The van der Waals surface area contributed by atoms with Gasteiger partial charge in [0.05, 0.1) is 40.6 Å². The number of halogens is 1. The lowest BCUT2D eigenvalue weighted by molar-refractivity contribution is 0.102. The Morgan fingerprint density at radius 1 is 0.935 bits per heavy atom. The van der Waals surface area contributed by atoms with Gasteiger partial charge in [0.1, 0.15) is 5.15 Å². The average molecular weight is 434 g/mol. The first-order valence-electron chi connectivity index (χ1n) is 10.1. The summed E-state index contributed by atoms with van der Waals surface area (Å²) in [7, 11) is 0. The van der Waals surface area contributed by atoms with Crippen LogP contribution < -0.4 is 5.32 Å². The van der Waals surface area contributed by atoms with Crippen LogP contribution in [0.15, 0.2) is 54.6 Å². The van der Waals surface area contributed by atoms with E-state index < -0.39 is 0 Å². The molecule has 6 nitrogen and oxygen atoms in total. The van der Waals surface area contributed by atoms with Gasteiger partial charge in [-0.3, -0.25) is 4.79 Å². The first kappa shape index (κ1) is 20.9. The average Bonchev–Trinajstić information content (AvgIpc) is 3.19. The molecule has 0 bridgehead atoms. The number of rotatable bonds is 5. The van der Waals surface area contributed by atoms with Gasteiger partial charge in [-0.05, 0) is 45.4 Å². The van der Waals surface area contributed by atoms with E-state index in [1.807, 2.05) is 80.1 Å². The van der Waals surface area contributed by atoms with Gasteiger partial charge < -0.3 is 5.32 Å². The lowest BCUT2D eigenvalue weighted by Crippen LogP contribution is -2.14. The summed E-state index contributed by atoms with van der Waals surface area (Å²) in [6.45, 7) is 8.13. The van der Waals surface area contributed by atoms with Crippen molar-refractivity contribution in [2.75, 3.05) is 5.32 Å². The fourth-order valence-electron chi connectivity index (χ4n) is 3.60. The summed E-state index contributed by atoms with van der Waals surface area (Å²) in [4.78, 5) is 13.1. The van der Waals surface area contributed by atoms with Gasteiger partial charge in [-0.1, -0.05) is 59.6 Å². The van der Waals surface area contributed by atoms with Gasteiger partial charge in [-0.25, -0.2) is 9.36 Å². The third kappa shape index (κ3) is 4.11. The third-order valence-electron chi connectivity index (χ3n) is 5.28. The normalized spacial score (nSPS) is 11.0. The molecule has 0 saturated heterocycles. The van der Waals surface area contributed by atoms with Crippen molar-refractivity contribution >= 4 is 23.2 Å². The molecule has 0 aliphatic carbocycles. The number of aryl methyl sites for hydroxylation is 3. The topological polar surface area (TPSA) is 64.7 Å². The number of hydrogen-bond donors (Lipinski definition) is 1. The highest BCUT2D eigenvalue weighted by molar-refractivity contribution is 6.33. The highest BCUT2D eigenvalue weighted by atomic mass is 35.5. The minimum absolute atomic E-state index is 0.295. The second-order valence-electron chi connectivity index (χ2n) is 7.64. The van der Waals surface area contributed by atoms with E-state index in [0.29, 0.717) is 28.6 Å². The molecule has 0 aliphatic rings. The molecule has 2 aromatic heterocycles. The molecule has 31 heavy (non-hydrogen) atoms. The number of carbonyl (C=O) groups excluding carboxylic acids is 1. The van der Waals surface area contributed by atoms with Crippen LogP contribution >= 0.6 is 11.6 Å². The Bertz CT molecular complexity index is 1240. The molecule has 0 radical (unpaired) electrons. The highest BCUT2D eigenvalue weighted by Gasteiger charge is 2.23. The first-order valence-corrected chi connectivity index (χ1v) is 10.4. The number of carbonyl (C=O) groups is 1. The molecule has 7 heteroatoms. The maximum atomic E-state index is 13.1. The van der Waals surface area contributed by atoms with Gasteiger partial charge in [-0.15, -0.1) is 0 Å². The number of aromatic nitrogens is 4. The zero-order chi connectivity index (χ0) is 22.1. The van der Waals surface area contributed by atoms with Crippen LogP contribution in [0.4, 0.5) is 5.69 Å². The van der Waals surface area contributed by atoms with Crippen molar-refractivity contribution in [3.05, 3.63) is 93.5 Å². The second-order valence-corrected chi connectivity index (χ2v) is 8.00. The van der Waals surface area contributed by atoms with Crippen molar-refractivity contribution in [3.8, 4) is 5.69 Å². The van der Waals surface area contributed by atoms with Crippen LogP contribution in [0, 0.1) is 27.7 Å². The van der Waals surface area contributed by atoms with E-state index in [-0.39, 0.29) is 5.91 Å². The van der Waals surface area contributed by atoms with E-state index in [2.05, 4.69) is 15.5 Å². The van der Waals surface area contributed by atoms with Crippen molar-refractivity contribution in [2.45, 2.75) is 34.2 Å². The molecule has 0 saturated carbocycles. The van der Waals surface area contributed by atoms with Gasteiger partial charge in [0.25, 0.3) is 5.91 Å². The molecule has 0 atom stereocenters. The number of hydrogen-bond acceptors (Lipinski definition) is 3. The fourth-order valence-corrected chi connectivity index (χ4v) is 3.92. The molecule has 2 heterocycles. The molecule has 158 valence electrons. The Morgan fingerprint density at radius 3 is 2.29 bits per heavy atom. The fraction of sp³-hybridized carbons (Fsp3) is 0.208. The summed E-state index contributed by atoms with van der Waals surface area (Å²) in [6, 6.07) is 18.0. The summed E-state index contributed by atoms with van der Waals surface area (Å²) in [5.41, 5.74) is 6.40. The molecule has 0 fully saturated rings. The molecule has 1 N–H and O–H groups in total. The number of amides is 1. The Kier molecular flexibility index (Phi) is 5.65. The standard InChI is InChI=1S/C24H24ClN5O/c1-15-10-12-19(13-11-15)14-29-23(25)21(16(2)27-29)24(31)26-22-17(3)28-30(18(22)4)20-8-6-5-7-9-20/h5-13H,14H2,1-4H3,(H,26,31). The molecule has 4 rings (SSSR count). The van der Waals surface area contributed by atoms with Crippen LogP contribution in [0.25, 0.3) is 5.69 Å². The van der Waals surface area contributed by atoms with E-state index in [9.17, 15) is 4.79 Å². The number of para-hydroxylation sites is 1. The maximum Gasteiger partial charge on any atom is 0.260 e. The first-order chi connectivity index (χ1) is 14.8. The quantitative estimate of drug-likeness (QED) is 0.467. The molecular weight excluding hydrogens is 410 g/mol. The molecule has 0 aliphatic heterocycles. The molecular formula is C24H24ClN5O. The number of nitrogens with zero attached hydrogens (tertiary/aromatic N) is 4. The minimum atomic E-state index is -0.295. The third-order valence-corrected chi connectivity index (χ3v) is 5.66. The van der Waals surface area contributed by atoms with Gasteiger partial charge >= 0.3 is 0 Å². The zero-order valence-corrected chi connectivity index (χ0v) is 18.7. The van der Waals surface area contributed by atoms with Gasteiger partial charge in [-0.2, -0.15) is 10.2 Å². The summed E-state index contributed by atoms with van der Waals surface area (Å²) >= 11 is 6.57. The number of benzene rings is 2. The van der Waals surface area contributed by atoms with Crippen LogP contribution in [0.5, 0.6) is 0 Å². The van der Waals surface area contributed by atoms with E-state index in [1.165, 1.54) is 5.56 Å². The monoisotopic (exact) mass is 433 g/mol. The lowest BCUT2D eigenvalue weighted by atomic mass is 10.1. The number of anilines is 1. The highest BCUT2D eigenvalue weighted by Crippen LogP contribution is 2.26. The maximum absolute atomic E-state index is 13.1. The van der Waals surface area contributed by atoms with E-state index in [4.69, 9.17) is 11.6 Å². The van der Waals surface area contributed by atoms with Crippen molar-refractivity contribution < 1.29 is 4.79 Å². The Hall–Kier alpha value is -3.38. The summed E-state index contributed by atoms with van der Waals surface area (Å²) in [6.07, 6.45) is 0.